The van der Waals surface area contributed by atoms with Gasteiger partial charge in [-0.25, -0.2) is 9.78 Å². The van der Waals surface area contributed by atoms with Crippen molar-refractivity contribution in [1.82, 2.24) is 14.7 Å². The van der Waals surface area contributed by atoms with Crippen molar-refractivity contribution in [3.8, 4) is 0 Å². The number of fused-ring (bicyclic) bond motifs is 1. The summed E-state index contributed by atoms with van der Waals surface area (Å²) in [4.78, 5) is 15.6. The molecule has 0 bridgehead atoms. The molecule has 0 unspecified atom stereocenters. The van der Waals surface area contributed by atoms with Gasteiger partial charge in [-0.2, -0.15) is 0 Å². The van der Waals surface area contributed by atoms with Gasteiger partial charge < -0.3 is 14.8 Å². The van der Waals surface area contributed by atoms with Crippen LogP contribution in [-0.4, -0.2) is 27.0 Å². The first kappa shape index (κ1) is 17.6. The molecule has 3 aromatic rings. The number of halogens is 1. The summed E-state index contributed by atoms with van der Waals surface area (Å²) in [6, 6.07) is 8.16. The molecular weight excluding hydrogens is 382 g/mol. The van der Waals surface area contributed by atoms with E-state index in [2.05, 4.69) is 58.3 Å². The maximum absolute atomic E-state index is 11.2. The largest absolute Gasteiger partial charge is 0.478 e. The molecule has 0 saturated heterocycles. The van der Waals surface area contributed by atoms with E-state index in [0.29, 0.717) is 11.0 Å². The topological polar surface area (TPSA) is 66.6 Å². The van der Waals surface area contributed by atoms with E-state index < -0.39 is 5.97 Å². The van der Waals surface area contributed by atoms with E-state index in [-0.39, 0.29) is 5.56 Å². The second-order valence-corrected chi connectivity index (χ2v) is 7.10. The summed E-state index contributed by atoms with van der Waals surface area (Å²) in [5.41, 5.74) is 5.76. The van der Waals surface area contributed by atoms with Crippen molar-refractivity contribution in [2.75, 3.05) is 6.54 Å². The highest BCUT2D eigenvalue weighted by Crippen LogP contribution is 2.20. The second kappa shape index (κ2) is 7.37. The van der Waals surface area contributed by atoms with Crippen LogP contribution in [0.25, 0.3) is 5.65 Å². The van der Waals surface area contributed by atoms with Crippen LogP contribution < -0.4 is 5.32 Å². The summed E-state index contributed by atoms with van der Waals surface area (Å²) in [6.45, 7) is 5.69. The van der Waals surface area contributed by atoms with Crippen molar-refractivity contribution in [3.05, 3.63) is 69.1 Å². The molecule has 3 rings (SSSR count). The molecule has 0 saturated carbocycles. The maximum Gasteiger partial charge on any atom is 0.337 e. The van der Waals surface area contributed by atoms with Gasteiger partial charge in [0.15, 0.2) is 5.65 Å². The number of hydrogen-bond donors (Lipinski definition) is 2. The number of carboxylic acid groups (broad SMARTS) is 1. The summed E-state index contributed by atoms with van der Waals surface area (Å²) in [6.07, 6.45) is 4.33. The maximum atomic E-state index is 11.2. The average Bonchev–Trinajstić information content (AvgIpc) is 2.94. The van der Waals surface area contributed by atoms with Crippen LogP contribution in [0.15, 0.2) is 41.1 Å². The smallest absolute Gasteiger partial charge is 0.337 e. The van der Waals surface area contributed by atoms with Crippen molar-refractivity contribution in [2.45, 2.75) is 26.8 Å². The number of aromatic carboxylic acids is 1. The SMILES string of the molecule is Cc1cc(C)cc(CCNCc2cnc3c(Br)cc(C(=O)O)cn23)c1. The van der Waals surface area contributed by atoms with E-state index in [1.165, 1.54) is 16.7 Å². The molecule has 25 heavy (non-hydrogen) atoms. The zero-order valence-electron chi connectivity index (χ0n) is 14.2. The van der Waals surface area contributed by atoms with Gasteiger partial charge in [-0.15, -0.1) is 0 Å². The molecule has 2 heterocycles. The third-order valence-corrected chi connectivity index (χ3v) is 4.65. The summed E-state index contributed by atoms with van der Waals surface area (Å²) in [7, 11) is 0. The minimum Gasteiger partial charge on any atom is -0.478 e. The standard InChI is InChI=1S/C19H20BrN3O2/c1-12-5-13(2)7-14(6-12)3-4-21-9-16-10-22-18-17(20)8-15(19(24)25)11-23(16)18/h5-8,10-11,21H,3-4,9H2,1-2H3,(H,24,25). The number of pyridine rings is 1. The van der Waals surface area contributed by atoms with E-state index in [0.717, 1.165) is 24.3 Å². The second-order valence-electron chi connectivity index (χ2n) is 6.25. The minimum atomic E-state index is -0.954. The fourth-order valence-corrected chi connectivity index (χ4v) is 3.54. The van der Waals surface area contributed by atoms with Crippen molar-refractivity contribution >= 4 is 27.5 Å². The number of imidazole rings is 1. The highest BCUT2D eigenvalue weighted by atomic mass is 79.9. The van der Waals surface area contributed by atoms with E-state index in [1.54, 1.807) is 18.5 Å². The molecule has 0 aliphatic rings. The summed E-state index contributed by atoms with van der Waals surface area (Å²) < 4.78 is 2.49. The van der Waals surface area contributed by atoms with Crippen molar-refractivity contribution in [2.24, 2.45) is 0 Å². The normalized spacial score (nSPS) is 11.2. The summed E-state index contributed by atoms with van der Waals surface area (Å²) in [5, 5.41) is 12.6. The Morgan fingerprint density at radius 3 is 2.64 bits per heavy atom. The molecule has 0 atom stereocenters. The third-order valence-electron chi connectivity index (χ3n) is 4.06. The Labute approximate surface area is 154 Å². The Hall–Kier alpha value is -2.18. The first-order valence-corrected chi connectivity index (χ1v) is 8.90. The van der Waals surface area contributed by atoms with Crippen LogP contribution >= 0.6 is 15.9 Å². The van der Waals surface area contributed by atoms with Gasteiger partial charge in [0.25, 0.3) is 0 Å². The highest BCUT2D eigenvalue weighted by molar-refractivity contribution is 9.10. The number of rotatable bonds is 6. The molecule has 0 radical (unpaired) electrons. The zero-order valence-corrected chi connectivity index (χ0v) is 15.8. The lowest BCUT2D eigenvalue weighted by molar-refractivity contribution is 0.0696. The number of hydrogen-bond acceptors (Lipinski definition) is 3. The third kappa shape index (κ3) is 4.08. The number of aryl methyl sites for hydroxylation is 2. The fourth-order valence-electron chi connectivity index (χ4n) is 3.00. The monoisotopic (exact) mass is 401 g/mol. The van der Waals surface area contributed by atoms with Crippen molar-refractivity contribution in [1.29, 1.82) is 0 Å². The highest BCUT2D eigenvalue weighted by Gasteiger charge is 2.11. The van der Waals surface area contributed by atoms with Crippen LogP contribution in [-0.2, 0) is 13.0 Å². The molecular formula is C19H20BrN3O2. The Morgan fingerprint density at radius 1 is 1.24 bits per heavy atom. The molecule has 0 fully saturated rings. The molecule has 6 heteroatoms. The Bertz CT molecular complexity index is 914. The molecule has 2 aromatic heterocycles. The lowest BCUT2D eigenvalue weighted by Gasteiger charge is -2.08. The molecule has 1 aromatic carbocycles. The van der Waals surface area contributed by atoms with Gasteiger partial charge in [-0.3, -0.25) is 0 Å². The first-order valence-electron chi connectivity index (χ1n) is 8.10. The Kier molecular flexibility index (Phi) is 5.20. The van der Waals surface area contributed by atoms with E-state index >= 15 is 0 Å². The molecule has 0 spiro atoms. The predicted octanol–water partition coefficient (Wildman–Crippen LogP) is 3.74. The zero-order chi connectivity index (χ0) is 18.0. The lowest BCUT2D eigenvalue weighted by atomic mass is 10.1. The average molecular weight is 402 g/mol. The van der Waals surface area contributed by atoms with E-state index in [9.17, 15) is 9.90 Å². The molecule has 0 aliphatic heterocycles. The first-order chi connectivity index (χ1) is 11.9. The van der Waals surface area contributed by atoms with Crippen LogP contribution in [0.3, 0.4) is 0 Å². The summed E-state index contributed by atoms with van der Waals surface area (Å²) >= 11 is 3.39. The van der Waals surface area contributed by atoms with E-state index in [4.69, 9.17) is 0 Å². The Morgan fingerprint density at radius 2 is 1.96 bits per heavy atom. The minimum absolute atomic E-state index is 0.230. The van der Waals surface area contributed by atoms with Crippen LogP contribution in [0, 0.1) is 13.8 Å². The lowest BCUT2D eigenvalue weighted by Crippen LogP contribution is -2.18. The van der Waals surface area contributed by atoms with Gasteiger partial charge in [0.1, 0.15) is 0 Å². The summed E-state index contributed by atoms with van der Waals surface area (Å²) in [5.74, 6) is -0.954. The van der Waals surface area contributed by atoms with Crippen LogP contribution in [0.1, 0.15) is 32.7 Å². The van der Waals surface area contributed by atoms with Gasteiger partial charge in [0, 0.05) is 12.7 Å². The Balaban J connectivity index is 1.68. The van der Waals surface area contributed by atoms with E-state index in [1.807, 2.05) is 4.40 Å². The molecule has 0 amide bonds. The van der Waals surface area contributed by atoms with Crippen molar-refractivity contribution < 1.29 is 9.90 Å². The van der Waals surface area contributed by atoms with Crippen LogP contribution in [0.5, 0.6) is 0 Å². The van der Waals surface area contributed by atoms with Crippen molar-refractivity contribution in [3.63, 3.8) is 0 Å². The quantitative estimate of drug-likeness (QED) is 0.617. The fraction of sp³-hybridized carbons (Fsp3) is 0.263. The van der Waals surface area contributed by atoms with Gasteiger partial charge in [0.2, 0.25) is 0 Å². The molecule has 0 aliphatic carbocycles. The van der Waals surface area contributed by atoms with Gasteiger partial charge in [0.05, 0.1) is 21.9 Å². The number of carboxylic acids is 1. The van der Waals surface area contributed by atoms with Gasteiger partial charge >= 0.3 is 5.97 Å². The number of aromatic nitrogens is 2. The molecule has 2 N–H and O–H groups in total. The number of carbonyl (C=O) groups is 1. The number of benzene rings is 1. The van der Waals surface area contributed by atoms with Crippen LogP contribution in [0.2, 0.25) is 0 Å². The number of nitrogens with one attached hydrogen (secondary N) is 1. The predicted molar refractivity (Wildman–Crippen MR) is 101 cm³/mol. The molecule has 5 nitrogen and oxygen atoms in total. The van der Waals surface area contributed by atoms with Gasteiger partial charge in [-0.1, -0.05) is 29.3 Å². The molecule has 130 valence electrons. The number of nitrogens with zero attached hydrogens (tertiary/aromatic N) is 2. The van der Waals surface area contributed by atoms with Gasteiger partial charge in [-0.05, 0) is 54.4 Å². The van der Waals surface area contributed by atoms with Crippen LogP contribution in [0.4, 0.5) is 0 Å².